The van der Waals surface area contributed by atoms with E-state index in [-0.39, 0.29) is 10.7 Å². The van der Waals surface area contributed by atoms with Gasteiger partial charge in [-0.2, -0.15) is 0 Å². The number of carbonyl (C=O) groups excluding carboxylic acids is 3. The Labute approximate surface area is 194 Å². The summed E-state index contributed by atoms with van der Waals surface area (Å²) in [6.07, 6.45) is 0. The summed E-state index contributed by atoms with van der Waals surface area (Å²) in [6, 6.07) is 19.8. The smallest absolute Gasteiger partial charge is 0.343 e. The van der Waals surface area contributed by atoms with E-state index < -0.39 is 17.8 Å². The maximum absolute atomic E-state index is 12.9. The van der Waals surface area contributed by atoms with Crippen molar-refractivity contribution in [2.45, 2.75) is 6.92 Å². The Morgan fingerprint density at radius 3 is 2.31 bits per heavy atom. The molecule has 1 N–H and O–H groups in total. The van der Waals surface area contributed by atoms with Crippen LogP contribution in [0.3, 0.4) is 0 Å². The third kappa shape index (κ3) is 4.23. The van der Waals surface area contributed by atoms with E-state index in [0.717, 1.165) is 10.5 Å². The minimum atomic E-state index is -0.602. The topological polar surface area (TPSA) is 75.7 Å². The Bertz CT molecular complexity index is 1270. The van der Waals surface area contributed by atoms with E-state index in [4.69, 9.17) is 27.9 Å². The molecule has 2 amide bonds. The molecule has 0 saturated carbocycles. The van der Waals surface area contributed by atoms with Gasteiger partial charge in [-0.25, -0.2) is 9.69 Å². The summed E-state index contributed by atoms with van der Waals surface area (Å²) >= 11 is 12.1. The van der Waals surface area contributed by atoms with Crippen molar-refractivity contribution in [2.24, 2.45) is 0 Å². The lowest BCUT2D eigenvalue weighted by Crippen LogP contribution is -2.32. The van der Waals surface area contributed by atoms with Crippen LogP contribution in [-0.4, -0.2) is 17.8 Å². The highest BCUT2D eigenvalue weighted by molar-refractivity contribution is 6.53. The van der Waals surface area contributed by atoms with E-state index in [2.05, 4.69) is 5.32 Å². The predicted octanol–water partition coefficient (Wildman–Crippen LogP) is 5.30. The highest BCUT2D eigenvalue weighted by Gasteiger charge is 2.39. The fraction of sp³-hybridized carbons (Fsp3) is 0.0417. The van der Waals surface area contributed by atoms with Gasteiger partial charge in [-0.1, -0.05) is 47.5 Å². The van der Waals surface area contributed by atoms with E-state index in [1.807, 2.05) is 6.07 Å². The van der Waals surface area contributed by atoms with E-state index in [9.17, 15) is 14.4 Å². The van der Waals surface area contributed by atoms with E-state index >= 15 is 0 Å². The number of nitrogens with one attached hydrogen (secondary N) is 1. The molecule has 0 atom stereocenters. The van der Waals surface area contributed by atoms with Crippen molar-refractivity contribution in [3.05, 3.63) is 99.7 Å². The van der Waals surface area contributed by atoms with Gasteiger partial charge in [0, 0.05) is 10.7 Å². The van der Waals surface area contributed by atoms with Crippen molar-refractivity contribution in [1.82, 2.24) is 0 Å². The molecule has 3 aromatic rings. The molecule has 0 spiro atoms. The molecule has 1 heterocycles. The van der Waals surface area contributed by atoms with Gasteiger partial charge in [0.25, 0.3) is 11.8 Å². The zero-order valence-electron chi connectivity index (χ0n) is 16.8. The van der Waals surface area contributed by atoms with Gasteiger partial charge in [-0.05, 0) is 61.0 Å². The quantitative estimate of drug-likeness (QED) is 0.313. The van der Waals surface area contributed by atoms with Crippen molar-refractivity contribution in [1.29, 1.82) is 0 Å². The Morgan fingerprint density at radius 2 is 1.62 bits per heavy atom. The van der Waals surface area contributed by atoms with Crippen LogP contribution in [-0.2, 0) is 9.59 Å². The van der Waals surface area contributed by atoms with Gasteiger partial charge in [0.05, 0.1) is 11.3 Å². The van der Waals surface area contributed by atoms with Gasteiger partial charge < -0.3 is 10.1 Å². The van der Waals surface area contributed by atoms with Crippen LogP contribution in [0, 0.1) is 6.92 Å². The monoisotopic (exact) mass is 466 g/mol. The molecule has 0 saturated heterocycles. The minimum Gasteiger partial charge on any atom is -0.423 e. The maximum Gasteiger partial charge on any atom is 0.343 e. The Balaban J connectivity index is 1.49. The van der Waals surface area contributed by atoms with Gasteiger partial charge in [-0.15, -0.1) is 0 Å². The van der Waals surface area contributed by atoms with Crippen molar-refractivity contribution >= 4 is 52.4 Å². The lowest BCUT2D eigenvalue weighted by Gasteiger charge is -2.17. The molecular formula is C24H16Cl2N2O4. The number of nitrogens with zero attached hydrogens (tertiary/aromatic N) is 1. The lowest BCUT2D eigenvalue weighted by atomic mass is 10.2. The second-order valence-electron chi connectivity index (χ2n) is 6.97. The lowest BCUT2D eigenvalue weighted by molar-refractivity contribution is -0.120. The summed E-state index contributed by atoms with van der Waals surface area (Å²) in [5.41, 5.74) is 1.98. The van der Waals surface area contributed by atoms with Crippen LogP contribution >= 0.6 is 23.2 Å². The highest BCUT2D eigenvalue weighted by atomic mass is 35.5. The molecule has 0 aromatic heterocycles. The molecule has 0 aliphatic carbocycles. The number of esters is 1. The molecule has 3 aromatic carbocycles. The third-order valence-corrected chi connectivity index (χ3v) is 5.37. The molecule has 4 rings (SSSR count). The molecule has 0 radical (unpaired) electrons. The molecule has 6 nitrogen and oxygen atoms in total. The number of rotatable bonds is 5. The molecular weight excluding hydrogens is 451 g/mol. The number of hydrogen-bond acceptors (Lipinski definition) is 5. The van der Waals surface area contributed by atoms with Crippen LogP contribution in [0.4, 0.5) is 11.4 Å². The summed E-state index contributed by atoms with van der Waals surface area (Å²) in [4.78, 5) is 38.9. The number of ether oxygens (including phenoxy) is 1. The van der Waals surface area contributed by atoms with Crippen molar-refractivity contribution < 1.29 is 19.1 Å². The molecule has 1 aliphatic heterocycles. The van der Waals surface area contributed by atoms with Crippen LogP contribution in [0.25, 0.3) is 0 Å². The normalized spacial score (nSPS) is 13.5. The molecule has 0 fully saturated rings. The molecule has 8 heteroatoms. The van der Waals surface area contributed by atoms with Crippen molar-refractivity contribution in [3.8, 4) is 5.75 Å². The standard InChI is InChI=1S/C24H16Cl2N2O4/c1-14-5-2-3-8-19(14)28-22(29)20(26)21(23(28)30)27-17-11-9-15(10-12-17)24(31)32-18-7-4-6-16(25)13-18/h2-13,27H,1H3. The van der Waals surface area contributed by atoms with Gasteiger partial charge >= 0.3 is 5.97 Å². The van der Waals surface area contributed by atoms with Crippen LogP contribution in [0.2, 0.25) is 5.02 Å². The fourth-order valence-corrected chi connectivity index (χ4v) is 3.57. The number of para-hydroxylation sites is 1. The van der Waals surface area contributed by atoms with Gasteiger partial charge in [0.2, 0.25) is 0 Å². The number of carbonyl (C=O) groups is 3. The number of aryl methyl sites for hydroxylation is 1. The summed E-state index contributed by atoms with van der Waals surface area (Å²) in [6.45, 7) is 1.80. The molecule has 32 heavy (non-hydrogen) atoms. The fourth-order valence-electron chi connectivity index (χ4n) is 3.17. The molecule has 0 bridgehead atoms. The number of anilines is 2. The number of amides is 2. The van der Waals surface area contributed by atoms with Gasteiger partial charge in [0.15, 0.2) is 0 Å². The van der Waals surface area contributed by atoms with Gasteiger partial charge in [0.1, 0.15) is 16.5 Å². The van der Waals surface area contributed by atoms with Crippen molar-refractivity contribution in [2.75, 3.05) is 10.2 Å². The zero-order chi connectivity index (χ0) is 22.8. The van der Waals surface area contributed by atoms with Crippen LogP contribution < -0.4 is 15.0 Å². The summed E-state index contributed by atoms with van der Waals surface area (Å²) in [5, 5.41) is 3.13. The maximum atomic E-state index is 12.9. The summed E-state index contributed by atoms with van der Waals surface area (Å²) < 4.78 is 5.30. The van der Waals surface area contributed by atoms with Crippen LogP contribution in [0.5, 0.6) is 5.75 Å². The van der Waals surface area contributed by atoms with E-state index in [1.54, 1.807) is 55.5 Å². The molecule has 160 valence electrons. The second kappa shape index (κ2) is 8.86. The number of imide groups is 1. The zero-order valence-corrected chi connectivity index (χ0v) is 18.3. The first-order valence-corrected chi connectivity index (χ1v) is 10.3. The molecule has 0 unspecified atom stereocenters. The Kier molecular flexibility index (Phi) is 5.99. The number of benzene rings is 3. The van der Waals surface area contributed by atoms with Crippen molar-refractivity contribution in [3.63, 3.8) is 0 Å². The Morgan fingerprint density at radius 1 is 0.906 bits per heavy atom. The summed E-state index contributed by atoms with van der Waals surface area (Å²) in [5.74, 6) is -1.39. The minimum absolute atomic E-state index is 0.0332. The number of hydrogen-bond donors (Lipinski definition) is 1. The van der Waals surface area contributed by atoms with Crippen LogP contribution in [0.1, 0.15) is 15.9 Å². The number of halogens is 2. The first-order valence-electron chi connectivity index (χ1n) is 9.54. The first kappa shape index (κ1) is 21.6. The van der Waals surface area contributed by atoms with Gasteiger partial charge in [-0.3, -0.25) is 9.59 Å². The van der Waals surface area contributed by atoms with E-state index in [1.165, 1.54) is 18.2 Å². The van der Waals surface area contributed by atoms with Crippen LogP contribution in [0.15, 0.2) is 83.5 Å². The predicted molar refractivity (Wildman–Crippen MR) is 123 cm³/mol. The Hall–Kier alpha value is -3.61. The molecule has 1 aliphatic rings. The SMILES string of the molecule is Cc1ccccc1N1C(=O)C(Cl)=C(Nc2ccc(C(=O)Oc3cccc(Cl)c3)cc2)C1=O. The largest absolute Gasteiger partial charge is 0.423 e. The summed E-state index contributed by atoms with van der Waals surface area (Å²) in [7, 11) is 0. The average molecular weight is 467 g/mol. The van der Waals surface area contributed by atoms with E-state index in [0.29, 0.717) is 27.7 Å². The second-order valence-corrected chi connectivity index (χ2v) is 7.78. The average Bonchev–Trinajstić information content (AvgIpc) is 2.98. The third-order valence-electron chi connectivity index (χ3n) is 4.78. The highest BCUT2D eigenvalue weighted by Crippen LogP contribution is 2.31. The first-order chi connectivity index (χ1) is 15.3.